The van der Waals surface area contributed by atoms with Crippen molar-refractivity contribution in [3.05, 3.63) is 59.9 Å². The number of nitrogens with zero attached hydrogens (tertiary/aromatic N) is 1. The molecule has 1 aromatic carbocycles. The Morgan fingerprint density at radius 1 is 1.12 bits per heavy atom. The molecule has 26 heavy (non-hydrogen) atoms. The zero-order chi connectivity index (χ0) is 18.8. The average molecular weight is 357 g/mol. The first kappa shape index (κ1) is 19.4. The number of aromatic nitrogens is 1. The Morgan fingerprint density at radius 2 is 1.85 bits per heavy atom. The van der Waals surface area contributed by atoms with E-state index in [4.69, 9.17) is 10.5 Å². The van der Waals surface area contributed by atoms with Crippen LogP contribution in [0.4, 0.5) is 10.5 Å². The maximum absolute atomic E-state index is 12.0. The van der Waals surface area contributed by atoms with Gasteiger partial charge in [0.15, 0.2) is 0 Å². The van der Waals surface area contributed by atoms with Crippen molar-refractivity contribution in [2.45, 2.75) is 19.1 Å². The zero-order valence-electron chi connectivity index (χ0n) is 14.6. The molecule has 138 valence electrons. The molecule has 0 fully saturated rings. The Morgan fingerprint density at radius 3 is 2.58 bits per heavy atom. The van der Waals surface area contributed by atoms with Crippen LogP contribution in [0, 0.1) is 0 Å². The molecule has 2 aromatic rings. The van der Waals surface area contributed by atoms with Crippen molar-refractivity contribution in [3.8, 4) is 0 Å². The smallest absolute Gasteiger partial charge is 0.319 e. The monoisotopic (exact) mass is 357 g/mol. The fourth-order valence-corrected chi connectivity index (χ4v) is 2.19. The highest BCUT2D eigenvalue weighted by Crippen LogP contribution is 2.10. The van der Waals surface area contributed by atoms with Crippen LogP contribution < -0.4 is 21.7 Å². The van der Waals surface area contributed by atoms with Gasteiger partial charge in [0.05, 0.1) is 6.61 Å². The van der Waals surface area contributed by atoms with E-state index in [0.29, 0.717) is 18.8 Å². The lowest BCUT2D eigenvalue weighted by Crippen LogP contribution is -2.43. The second-order valence-corrected chi connectivity index (χ2v) is 5.64. The summed E-state index contributed by atoms with van der Waals surface area (Å²) in [5.41, 5.74) is 8.09. The molecule has 1 aromatic heterocycles. The van der Waals surface area contributed by atoms with Crippen LogP contribution in [0.3, 0.4) is 0 Å². The molecule has 0 bridgehead atoms. The molecule has 1 atom stereocenters. The summed E-state index contributed by atoms with van der Waals surface area (Å²) in [7, 11) is 1.49. The minimum Gasteiger partial charge on any atom is -0.383 e. The summed E-state index contributed by atoms with van der Waals surface area (Å²) in [6.45, 7) is 0.872. The number of carbonyl (C=O) groups is 2. The number of pyridine rings is 1. The molecular formula is C18H23N5O3. The predicted octanol–water partition coefficient (Wildman–Crippen LogP) is 0.993. The van der Waals surface area contributed by atoms with Crippen molar-refractivity contribution < 1.29 is 14.3 Å². The van der Waals surface area contributed by atoms with Gasteiger partial charge in [-0.15, -0.1) is 0 Å². The van der Waals surface area contributed by atoms with Crippen molar-refractivity contribution in [2.75, 3.05) is 19.0 Å². The summed E-state index contributed by atoms with van der Waals surface area (Å²) in [6.07, 6.45) is 3.34. The summed E-state index contributed by atoms with van der Waals surface area (Å²) < 4.78 is 4.85. The van der Waals surface area contributed by atoms with E-state index in [9.17, 15) is 9.59 Å². The topological polar surface area (TPSA) is 118 Å². The third kappa shape index (κ3) is 6.50. The number of anilines is 1. The molecule has 5 N–H and O–H groups in total. The number of nitrogens with two attached hydrogens (primary N) is 1. The number of urea groups is 1. The lowest BCUT2D eigenvalue weighted by Gasteiger charge is -2.12. The molecule has 0 aliphatic rings. The van der Waals surface area contributed by atoms with E-state index in [1.54, 1.807) is 30.6 Å². The summed E-state index contributed by atoms with van der Waals surface area (Å²) >= 11 is 0. The molecule has 0 aliphatic carbocycles. The van der Waals surface area contributed by atoms with Gasteiger partial charge in [0.2, 0.25) is 5.91 Å². The number of amides is 3. The van der Waals surface area contributed by atoms with Gasteiger partial charge in [-0.2, -0.15) is 0 Å². The maximum atomic E-state index is 12.0. The Kier molecular flexibility index (Phi) is 7.53. The van der Waals surface area contributed by atoms with Crippen molar-refractivity contribution in [3.63, 3.8) is 0 Å². The van der Waals surface area contributed by atoms with Gasteiger partial charge in [0, 0.05) is 38.3 Å². The van der Waals surface area contributed by atoms with Gasteiger partial charge in [0.1, 0.15) is 6.04 Å². The zero-order valence-corrected chi connectivity index (χ0v) is 14.6. The van der Waals surface area contributed by atoms with E-state index >= 15 is 0 Å². The molecule has 0 radical (unpaired) electrons. The number of methoxy groups -OCH3 is 1. The number of hydrogen-bond donors (Lipinski definition) is 4. The van der Waals surface area contributed by atoms with Gasteiger partial charge in [-0.05, 0) is 35.4 Å². The maximum Gasteiger partial charge on any atom is 0.319 e. The van der Waals surface area contributed by atoms with Crippen molar-refractivity contribution in [2.24, 2.45) is 5.73 Å². The fourth-order valence-electron chi connectivity index (χ4n) is 2.19. The summed E-state index contributed by atoms with van der Waals surface area (Å²) in [4.78, 5) is 27.7. The Labute approximate surface area is 152 Å². The third-order valence-electron chi connectivity index (χ3n) is 3.54. The molecule has 1 heterocycles. The number of hydrogen-bond acceptors (Lipinski definition) is 5. The van der Waals surface area contributed by atoms with Gasteiger partial charge in [-0.3, -0.25) is 9.78 Å². The second-order valence-electron chi connectivity index (χ2n) is 5.64. The van der Waals surface area contributed by atoms with E-state index in [0.717, 1.165) is 11.1 Å². The molecule has 0 saturated carbocycles. The molecule has 8 nitrogen and oxygen atoms in total. The third-order valence-corrected chi connectivity index (χ3v) is 3.54. The van der Waals surface area contributed by atoms with Gasteiger partial charge in [0.25, 0.3) is 0 Å². The van der Waals surface area contributed by atoms with Crippen LogP contribution in [0.5, 0.6) is 0 Å². The van der Waals surface area contributed by atoms with Crippen LogP contribution in [-0.2, 0) is 22.6 Å². The first-order valence-corrected chi connectivity index (χ1v) is 8.13. The van der Waals surface area contributed by atoms with Crippen LogP contribution in [0.2, 0.25) is 0 Å². The summed E-state index contributed by atoms with van der Waals surface area (Å²) in [6, 6.07) is 9.85. The minimum absolute atomic E-state index is 0.158. The fraction of sp³-hybridized carbons (Fsp3) is 0.278. The summed E-state index contributed by atoms with van der Waals surface area (Å²) in [5, 5.41) is 8.26. The standard InChI is InChI=1S/C18H23N5O3/c1-26-12-16(19)17(24)21-11-14-3-2-4-15(9-14)23-18(25)22-10-13-5-7-20-8-6-13/h2-9,16H,10-12,19H2,1H3,(H,21,24)(H2,22,23,25). The number of benzene rings is 1. The number of rotatable bonds is 8. The van der Waals surface area contributed by atoms with Crippen molar-refractivity contribution in [1.82, 2.24) is 15.6 Å². The number of carbonyl (C=O) groups excluding carboxylic acids is 2. The molecule has 3 amide bonds. The van der Waals surface area contributed by atoms with E-state index < -0.39 is 6.04 Å². The number of nitrogens with one attached hydrogen (secondary N) is 3. The highest BCUT2D eigenvalue weighted by molar-refractivity contribution is 5.89. The molecule has 2 rings (SSSR count). The van der Waals surface area contributed by atoms with E-state index in [-0.39, 0.29) is 18.5 Å². The summed E-state index contributed by atoms with van der Waals surface area (Å²) in [5.74, 6) is -0.291. The average Bonchev–Trinajstić information content (AvgIpc) is 2.66. The molecule has 0 saturated heterocycles. The van der Waals surface area contributed by atoms with Crippen LogP contribution in [-0.4, -0.2) is 36.7 Å². The Balaban J connectivity index is 1.82. The molecule has 8 heteroatoms. The van der Waals surface area contributed by atoms with Crippen LogP contribution in [0.25, 0.3) is 0 Å². The lowest BCUT2D eigenvalue weighted by atomic mass is 10.2. The number of ether oxygens (including phenoxy) is 1. The van der Waals surface area contributed by atoms with Gasteiger partial charge in [-0.1, -0.05) is 12.1 Å². The lowest BCUT2D eigenvalue weighted by molar-refractivity contribution is -0.123. The SMILES string of the molecule is COCC(N)C(=O)NCc1cccc(NC(=O)NCc2ccncc2)c1. The first-order chi connectivity index (χ1) is 12.6. The van der Waals surface area contributed by atoms with Gasteiger partial charge >= 0.3 is 6.03 Å². The largest absolute Gasteiger partial charge is 0.383 e. The second kappa shape index (κ2) is 10.1. The highest BCUT2D eigenvalue weighted by Gasteiger charge is 2.12. The molecule has 0 spiro atoms. The van der Waals surface area contributed by atoms with Crippen LogP contribution in [0.1, 0.15) is 11.1 Å². The van der Waals surface area contributed by atoms with Gasteiger partial charge < -0.3 is 26.4 Å². The molecule has 0 aliphatic heterocycles. The van der Waals surface area contributed by atoms with Crippen LogP contribution >= 0.6 is 0 Å². The predicted molar refractivity (Wildman–Crippen MR) is 98.2 cm³/mol. The molecule has 1 unspecified atom stereocenters. The van der Waals surface area contributed by atoms with Crippen LogP contribution in [0.15, 0.2) is 48.8 Å². The Hall–Kier alpha value is -2.97. The van der Waals surface area contributed by atoms with Gasteiger partial charge in [-0.25, -0.2) is 4.79 Å². The normalized spacial score (nSPS) is 11.5. The van der Waals surface area contributed by atoms with Crippen molar-refractivity contribution >= 4 is 17.6 Å². The quantitative estimate of drug-likeness (QED) is 0.562. The van der Waals surface area contributed by atoms with E-state index in [1.165, 1.54) is 7.11 Å². The molecular weight excluding hydrogens is 334 g/mol. The Bertz CT molecular complexity index is 724. The van der Waals surface area contributed by atoms with E-state index in [1.807, 2.05) is 18.2 Å². The van der Waals surface area contributed by atoms with Crippen molar-refractivity contribution in [1.29, 1.82) is 0 Å². The van der Waals surface area contributed by atoms with E-state index in [2.05, 4.69) is 20.9 Å². The first-order valence-electron chi connectivity index (χ1n) is 8.13. The highest BCUT2D eigenvalue weighted by atomic mass is 16.5. The minimum atomic E-state index is -0.708.